The van der Waals surface area contributed by atoms with Gasteiger partial charge in [0.15, 0.2) is 0 Å². The van der Waals surface area contributed by atoms with Crippen LogP contribution in [0, 0.1) is 5.92 Å². The maximum Gasteiger partial charge on any atom is 0.342 e. The normalized spacial score (nSPS) is 20.4. The lowest BCUT2D eigenvalue weighted by Gasteiger charge is -2.37. The van der Waals surface area contributed by atoms with Crippen molar-refractivity contribution in [1.82, 2.24) is 0 Å². The quantitative estimate of drug-likeness (QED) is 0.0598. The molecule has 1 unspecified atom stereocenters. The Bertz CT molecular complexity index is 1410. The Morgan fingerprint density at radius 3 is 2.51 bits per heavy atom. The van der Waals surface area contributed by atoms with Crippen molar-refractivity contribution in [2.24, 2.45) is 11.0 Å². The minimum Gasteiger partial charge on any atom is -0.543 e. The summed E-state index contributed by atoms with van der Waals surface area (Å²) in [4.78, 5) is 41.3. The summed E-state index contributed by atoms with van der Waals surface area (Å²) in [5.74, 6) is -1.40. The molecule has 10 heteroatoms. The number of esters is 2. The van der Waals surface area contributed by atoms with E-state index in [1.807, 2.05) is 37.3 Å². The first-order chi connectivity index (χ1) is 20.3. The first-order valence-electron chi connectivity index (χ1n) is 14.5. The van der Waals surface area contributed by atoms with Crippen LogP contribution in [0.5, 0.6) is 5.75 Å². The maximum absolute atomic E-state index is 13.9. The Morgan fingerprint density at radius 2 is 1.84 bits per heavy atom. The number of azide groups is 1. The van der Waals surface area contributed by atoms with Crippen LogP contribution in [0.4, 0.5) is 0 Å². The average molecular weight is 604 g/mol. The fraction of sp³-hybridized carbons (Fsp3) is 0.424. The van der Waals surface area contributed by atoms with E-state index in [4.69, 9.17) is 19.4 Å². The summed E-state index contributed by atoms with van der Waals surface area (Å²) in [5, 5.41) is 2.96. The van der Waals surface area contributed by atoms with E-state index in [1.54, 1.807) is 30.3 Å². The lowest BCUT2D eigenvalue weighted by Crippen LogP contribution is -2.44. The zero-order chi connectivity index (χ0) is 31.6. The molecule has 0 fully saturated rings. The van der Waals surface area contributed by atoms with E-state index in [-0.39, 0.29) is 23.8 Å². The average Bonchev–Trinajstić information content (AvgIpc) is 2.94. The Labute approximate surface area is 254 Å². The lowest BCUT2D eigenvalue weighted by atomic mass is 9.93. The zero-order valence-electron chi connectivity index (χ0n) is 25.8. The highest BCUT2D eigenvalue weighted by Crippen LogP contribution is 2.39. The van der Waals surface area contributed by atoms with Gasteiger partial charge in [0.1, 0.15) is 23.5 Å². The summed E-state index contributed by atoms with van der Waals surface area (Å²) < 4.78 is 18.7. The van der Waals surface area contributed by atoms with E-state index in [9.17, 15) is 14.4 Å². The van der Waals surface area contributed by atoms with Crippen LogP contribution in [0.15, 0.2) is 77.9 Å². The zero-order valence-corrected chi connectivity index (χ0v) is 26.8. The highest BCUT2D eigenvalue weighted by molar-refractivity contribution is 6.74. The highest BCUT2D eigenvalue weighted by atomic mass is 28.4. The van der Waals surface area contributed by atoms with Crippen molar-refractivity contribution in [2.45, 2.75) is 83.7 Å². The van der Waals surface area contributed by atoms with E-state index < -0.39 is 38.4 Å². The van der Waals surface area contributed by atoms with Crippen LogP contribution in [0.1, 0.15) is 73.2 Å². The number of benzene rings is 2. The molecule has 0 saturated carbocycles. The second-order valence-corrected chi connectivity index (χ2v) is 17.0. The molecule has 2 aromatic rings. The van der Waals surface area contributed by atoms with Gasteiger partial charge in [-0.15, -0.1) is 0 Å². The monoisotopic (exact) mass is 603 g/mol. The van der Waals surface area contributed by atoms with Crippen LogP contribution in [0.2, 0.25) is 18.1 Å². The van der Waals surface area contributed by atoms with Gasteiger partial charge in [0, 0.05) is 17.8 Å². The molecule has 0 spiro atoms. The molecule has 1 aliphatic rings. The molecule has 228 valence electrons. The molecule has 0 aromatic heterocycles. The van der Waals surface area contributed by atoms with Crippen LogP contribution in [0.3, 0.4) is 0 Å². The highest BCUT2D eigenvalue weighted by Gasteiger charge is 2.40. The van der Waals surface area contributed by atoms with Crippen molar-refractivity contribution < 1.29 is 28.3 Å². The number of hydrogen-bond acceptors (Lipinski definition) is 6. The van der Waals surface area contributed by atoms with E-state index in [0.717, 1.165) is 11.6 Å². The fourth-order valence-corrected chi connectivity index (χ4v) is 5.43. The first-order valence-corrected chi connectivity index (χ1v) is 17.4. The van der Waals surface area contributed by atoms with Gasteiger partial charge in [-0.25, -0.2) is 9.59 Å². The predicted molar refractivity (Wildman–Crippen MR) is 168 cm³/mol. The smallest absolute Gasteiger partial charge is 0.342 e. The molecule has 3 atom stereocenters. The maximum atomic E-state index is 13.9. The Morgan fingerprint density at radius 1 is 1.12 bits per heavy atom. The number of nitrogens with zero attached hydrogens (tertiary/aromatic N) is 3. The predicted octanol–water partition coefficient (Wildman–Crippen LogP) is 8.13. The van der Waals surface area contributed by atoms with E-state index in [0.29, 0.717) is 29.7 Å². The topological polar surface area (TPSA) is 128 Å². The molecule has 0 bridgehead atoms. The number of rotatable bonds is 7. The van der Waals surface area contributed by atoms with Crippen LogP contribution in [-0.4, -0.2) is 38.4 Å². The van der Waals surface area contributed by atoms with Gasteiger partial charge < -0.3 is 13.9 Å². The van der Waals surface area contributed by atoms with Crippen LogP contribution < -0.4 is 4.43 Å². The largest absolute Gasteiger partial charge is 0.543 e. The van der Waals surface area contributed by atoms with Crippen molar-refractivity contribution in [2.75, 3.05) is 0 Å². The molecule has 9 nitrogen and oxygen atoms in total. The Kier molecular flexibility index (Phi) is 11.5. The van der Waals surface area contributed by atoms with Crippen molar-refractivity contribution >= 4 is 26.2 Å². The second kappa shape index (κ2) is 14.8. The van der Waals surface area contributed by atoms with E-state index in [1.165, 1.54) is 6.08 Å². The third kappa shape index (κ3) is 9.43. The van der Waals surface area contributed by atoms with E-state index >= 15 is 0 Å². The molecular weight excluding hydrogens is 562 g/mol. The number of amides is 1. The Balaban J connectivity index is 2.01. The molecule has 1 amide bonds. The standard InChI is InChI=1S/C33H41N3O6Si/c1-23-14-10-11-15-24-18-12-20-27(42-43(5,6)33(2,3)4)30(24)32(39)40-26(19-13-21-29(37)35-36-34)22-28(23)41-31(38)25-16-8-7-9-17-25/h7-13,16-18,20-21,23,26,28H,14-15,19,22H2,1-6H3/b11-10+,21-13+/t23-,26?,28+/m0/s1. The van der Waals surface area contributed by atoms with Crippen molar-refractivity contribution in [1.29, 1.82) is 0 Å². The molecule has 0 aliphatic carbocycles. The summed E-state index contributed by atoms with van der Waals surface area (Å²) in [6, 6.07) is 14.3. The molecule has 2 aromatic carbocycles. The van der Waals surface area contributed by atoms with Gasteiger partial charge in [0.25, 0.3) is 8.32 Å². The number of cyclic esters (lactones) is 1. The number of carbonyl (C=O) groups excluding carboxylic acids is 3. The molecular formula is C33H41N3O6Si. The molecule has 3 rings (SSSR count). The summed E-state index contributed by atoms with van der Waals surface area (Å²) in [6.07, 6.45) is 6.81. The fourth-order valence-electron chi connectivity index (χ4n) is 4.40. The number of allylic oxidation sites excluding steroid dienone is 2. The van der Waals surface area contributed by atoms with E-state index in [2.05, 4.69) is 43.9 Å². The number of hydrogen-bond donors (Lipinski definition) is 0. The van der Waals surface area contributed by atoms with Gasteiger partial charge in [-0.05, 0) is 77.4 Å². The third-order valence-electron chi connectivity index (χ3n) is 7.97. The van der Waals surface area contributed by atoms with Gasteiger partial charge in [-0.2, -0.15) is 0 Å². The van der Waals surface area contributed by atoms with Crippen molar-refractivity contribution in [3.05, 3.63) is 100.0 Å². The third-order valence-corrected chi connectivity index (χ3v) is 12.3. The lowest BCUT2D eigenvalue weighted by molar-refractivity contribution is -0.113. The van der Waals surface area contributed by atoms with Crippen molar-refractivity contribution in [3.8, 4) is 5.75 Å². The summed E-state index contributed by atoms with van der Waals surface area (Å²) in [7, 11) is -2.31. The summed E-state index contributed by atoms with van der Waals surface area (Å²) >= 11 is 0. The first kappa shape index (κ1) is 33.4. The Hall–Kier alpha value is -4.14. The SMILES string of the molecule is C[C@H]1C/C=C/Cc2cccc(O[Si](C)(C)C(C)(C)C)c2C(=O)OC(C/C=C/C(=O)N=[N+]=[N-])C[C@H]1OC(=O)c1ccccc1. The van der Waals surface area contributed by atoms with Crippen LogP contribution in [0.25, 0.3) is 10.4 Å². The molecule has 43 heavy (non-hydrogen) atoms. The van der Waals surface area contributed by atoms with Gasteiger partial charge in [-0.1, -0.05) is 76.3 Å². The van der Waals surface area contributed by atoms with Gasteiger partial charge in [0.05, 0.1) is 5.56 Å². The molecule has 1 heterocycles. The minimum atomic E-state index is -2.31. The van der Waals surface area contributed by atoms with Gasteiger partial charge in [-0.3, -0.25) is 4.79 Å². The van der Waals surface area contributed by atoms with Crippen molar-refractivity contribution in [3.63, 3.8) is 0 Å². The molecule has 0 saturated heterocycles. The number of carbonyl (C=O) groups is 3. The van der Waals surface area contributed by atoms with Gasteiger partial charge in [0.2, 0.25) is 5.91 Å². The molecule has 0 N–H and O–H groups in total. The summed E-state index contributed by atoms with van der Waals surface area (Å²) in [5.41, 5.74) is 10.1. The summed E-state index contributed by atoms with van der Waals surface area (Å²) in [6.45, 7) is 12.6. The minimum absolute atomic E-state index is 0.0916. The number of fused-ring (bicyclic) bond motifs is 1. The van der Waals surface area contributed by atoms with Crippen LogP contribution >= 0.6 is 0 Å². The molecule has 1 aliphatic heterocycles. The number of ether oxygens (including phenoxy) is 2. The second-order valence-electron chi connectivity index (χ2n) is 12.3. The molecule has 0 radical (unpaired) electrons. The van der Waals surface area contributed by atoms with Crippen LogP contribution in [-0.2, 0) is 20.7 Å². The van der Waals surface area contributed by atoms with Gasteiger partial charge >= 0.3 is 11.9 Å².